The summed E-state index contributed by atoms with van der Waals surface area (Å²) in [5, 5.41) is 3.33. The smallest absolute Gasteiger partial charge is 0.139 e. The maximum absolute atomic E-state index is 13.3. The zero-order valence-electron chi connectivity index (χ0n) is 11.6. The van der Waals surface area contributed by atoms with Crippen LogP contribution in [0.2, 0.25) is 0 Å². The van der Waals surface area contributed by atoms with Crippen LogP contribution < -0.4 is 5.32 Å². The van der Waals surface area contributed by atoms with Gasteiger partial charge in [-0.1, -0.05) is 13.8 Å². The van der Waals surface area contributed by atoms with Gasteiger partial charge in [0.1, 0.15) is 11.6 Å². The van der Waals surface area contributed by atoms with E-state index >= 15 is 0 Å². The third-order valence-electron chi connectivity index (χ3n) is 2.93. The lowest BCUT2D eigenvalue weighted by molar-refractivity contribution is 0.303. The molecule has 0 atom stereocenters. The van der Waals surface area contributed by atoms with E-state index in [1.54, 1.807) is 0 Å². The Hall–Kier alpha value is -0.650. The molecule has 1 aromatic carbocycles. The Balaban J connectivity index is 2.14. The molecule has 2 nitrogen and oxygen atoms in total. The molecule has 108 valence electrons. The van der Waals surface area contributed by atoms with Gasteiger partial charge in [0.2, 0.25) is 0 Å². The highest BCUT2D eigenvalue weighted by Gasteiger charge is 2.04. The average Bonchev–Trinajstić information content (AvgIpc) is 2.40. The molecule has 0 aliphatic heterocycles. The maximum Gasteiger partial charge on any atom is 0.139 e. The van der Waals surface area contributed by atoms with E-state index in [2.05, 4.69) is 24.1 Å². The molecule has 0 saturated carbocycles. The van der Waals surface area contributed by atoms with Crippen molar-refractivity contribution < 1.29 is 8.78 Å². The molecule has 0 aliphatic carbocycles. The van der Waals surface area contributed by atoms with Gasteiger partial charge >= 0.3 is 0 Å². The van der Waals surface area contributed by atoms with Crippen molar-refractivity contribution in [2.45, 2.75) is 18.7 Å². The zero-order valence-corrected chi connectivity index (χ0v) is 12.4. The molecule has 0 bridgehead atoms. The minimum atomic E-state index is -0.529. The summed E-state index contributed by atoms with van der Waals surface area (Å²) in [5.41, 5.74) is 0. The van der Waals surface area contributed by atoms with E-state index in [9.17, 15) is 8.78 Å². The predicted molar refractivity (Wildman–Crippen MR) is 77.7 cm³/mol. The normalized spacial score (nSPS) is 11.2. The quantitative estimate of drug-likeness (QED) is 0.555. The number of hydrogen-bond donors (Lipinski definition) is 1. The SMILES string of the molecule is CCN(CC)CCNCCSc1ccc(F)cc1F. The van der Waals surface area contributed by atoms with E-state index in [-0.39, 0.29) is 0 Å². The first-order chi connectivity index (χ1) is 9.17. The molecule has 19 heavy (non-hydrogen) atoms. The van der Waals surface area contributed by atoms with E-state index < -0.39 is 11.6 Å². The number of rotatable bonds is 9. The van der Waals surface area contributed by atoms with Gasteiger partial charge < -0.3 is 10.2 Å². The molecule has 0 aromatic heterocycles. The molecule has 0 aliphatic rings. The molecule has 0 amide bonds. The van der Waals surface area contributed by atoms with E-state index in [4.69, 9.17) is 0 Å². The fourth-order valence-electron chi connectivity index (χ4n) is 1.73. The van der Waals surface area contributed by atoms with Gasteiger partial charge in [-0.25, -0.2) is 8.78 Å². The number of hydrogen-bond acceptors (Lipinski definition) is 3. The lowest BCUT2D eigenvalue weighted by atomic mass is 10.3. The molecule has 0 fully saturated rings. The Kier molecular flexibility index (Phi) is 8.02. The van der Waals surface area contributed by atoms with Crippen LogP contribution in [0.5, 0.6) is 0 Å². The summed E-state index contributed by atoms with van der Waals surface area (Å²) < 4.78 is 26.0. The predicted octanol–water partition coefficient (Wildman–Crippen LogP) is 2.99. The second kappa shape index (κ2) is 9.28. The van der Waals surface area contributed by atoms with Gasteiger partial charge in [0, 0.05) is 36.3 Å². The monoisotopic (exact) mass is 288 g/mol. The molecular formula is C14H22F2N2S. The molecule has 0 radical (unpaired) electrons. The van der Waals surface area contributed by atoms with E-state index in [1.165, 1.54) is 23.9 Å². The second-order valence-electron chi connectivity index (χ2n) is 4.20. The van der Waals surface area contributed by atoms with Gasteiger partial charge in [0.25, 0.3) is 0 Å². The molecule has 0 spiro atoms. The van der Waals surface area contributed by atoms with E-state index in [0.29, 0.717) is 4.90 Å². The van der Waals surface area contributed by atoms with Crippen molar-refractivity contribution in [3.05, 3.63) is 29.8 Å². The molecule has 1 aromatic rings. The fraction of sp³-hybridized carbons (Fsp3) is 0.571. The van der Waals surface area contributed by atoms with Crippen molar-refractivity contribution in [3.63, 3.8) is 0 Å². The summed E-state index contributed by atoms with van der Waals surface area (Å²) in [6.45, 7) is 9.22. The highest BCUT2D eigenvalue weighted by atomic mass is 32.2. The van der Waals surface area contributed by atoms with Crippen molar-refractivity contribution in [1.29, 1.82) is 0 Å². The largest absolute Gasteiger partial charge is 0.315 e. The summed E-state index contributed by atoms with van der Waals surface area (Å²) in [4.78, 5) is 2.85. The lowest BCUT2D eigenvalue weighted by Gasteiger charge is -2.17. The Labute approximate surface area is 118 Å². The summed E-state index contributed by atoms with van der Waals surface area (Å²) in [6, 6.07) is 3.71. The number of benzene rings is 1. The summed E-state index contributed by atoms with van der Waals surface area (Å²) in [7, 11) is 0. The Morgan fingerprint density at radius 1 is 1.16 bits per heavy atom. The van der Waals surface area contributed by atoms with Gasteiger partial charge in [0.15, 0.2) is 0 Å². The number of halogens is 2. The average molecular weight is 288 g/mol. The Morgan fingerprint density at radius 2 is 1.89 bits per heavy atom. The fourth-order valence-corrected chi connectivity index (χ4v) is 2.55. The highest BCUT2D eigenvalue weighted by molar-refractivity contribution is 7.99. The molecule has 1 rings (SSSR count). The number of nitrogens with one attached hydrogen (secondary N) is 1. The van der Waals surface area contributed by atoms with Gasteiger partial charge in [0.05, 0.1) is 0 Å². The van der Waals surface area contributed by atoms with Gasteiger partial charge in [-0.05, 0) is 25.2 Å². The minimum absolute atomic E-state index is 0.479. The van der Waals surface area contributed by atoms with Crippen LogP contribution in [0, 0.1) is 11.6 Å². The zero-order chi connectivity index (χ0) is 14.1. The van der Waals surface area contributed by atoms with Crippen LogP contribution >= 0.6 is 11.8 Å². The summed E-state index contributed by atoms with van der Waals surface area (Å²) in [6.07, 6.45) is 0. The van der Waals surface area contributed by atoms with Crippen LogP contribution in [0.25, 0.3) is 0 Å². The van der Waals surface area contributed by atoms with Crippen LogP contribution in [-0.4, -0.2) is 43.4 Å². The topological polar surface area (TPSA) is 15.3 Å². The van der Waals surface area contributed by atoms with E-state index in [0.717, 1.165) is 44.5 Å². The minimum Gasteiger partial charge on any atom is -0.315 e. The third kappa shape index (κ3) is 6.36. The highest BCUT2D eigenvalue weighted by Crippen LogP contribution is 2.21. The first-order valence-electron chi connectivity index (χ1n) is 6.68. The van der Waals surface area contributed by atoms with Crippen molar-refractivity contribution >= 4 is 11.8 Å². The van der Waals surface area contributed by atoms with Gasteiger partial charge in [-0.2, -0.15) is 0 Å². The first-order valence-corrected chi connectivity index (χ1v) is 7.66. The standard InChI is InChI=1S/C14H22F2N2S/c1-3-18(4-2)9-7-17-8-10-19-14-6-5-12(15)11-13(14)16/h5-6,11,17H,3-4,7-10H2,1-2H3. The van der Waals surface area contributed by atoms with Crippen LogP contribution in [0.4, 0.5) is 8.78 Å². The lowest BCUT2D eigenvalue weighted by Crippen LogP contribution is -2.32. The van der Waals surface area contributed by atoms with Crippen LogP contribution in [-0.2, 0) is 0 Å². The van der Waals surface area contributed by atoms with Crippen LogP contribution in [0.1, 0.15) is 13.8 Å². The number of thioether (sulfide) groups is 1. The molecule has 0 saturated heterocycles. The number of likely N-dealkylation sites (N-methyl/N-ethyl adjacent to an activating group) is 1. The van der Waals surface area contributed by atoms with E-state index in [1.807, 2.05) is 0 Å². The van der Waals surface area contributed by atoms with Gasteiger partial charge in [-0.15, -0.1) is 11.8 Å². The number of nitrogens with zero attached hydrogens (tertiary/aromatic N) is 1. The molecule has 5 heteroatoms. The van der Waals surface area contributed by atoms with Crippen molar-refractivity contribution in [3.8, 4) is 0 Å². The molecule has 1 N–H and O–H groups in total. The van der Waals surface area contributed by atoms with Crippen LogP contribution in [0.3, 0.4) is 0 Å². The van der Waals surface area contributed by atoms with Crippen LogP contribution in [0.15, 0.2) is 23.1 Å². The molecule has 0 heterocycles. The van der Waals surface area contributed by atoms with Crippen molar-refractivity contribution in [1.82, 2.24) is 10.2 Å². The van der Waals surface area contributed by atoms with Crippen molar-refractivity contribution in [2.75, 3.05) is 38.5 Å². The van der Waals surface area contributed by atoms with Crippen molar-refractivity contribution in [2.24, 2.45) is 0 Å². The second-order valence-corrected chi connectivity index (χ2v) is 5.34. The summed E-state index contributed by atoms with van der Waals surface area (Å²) in [5.74, 6) is -0.229. The third-order valence-corrected chi connectivity index (χ3v) is 3.98. The molecule has 0 unspecified atom stereocenters. The Morgan fingerprint density at radius 3 is 2.53 bits per heavy atom. The molecular weight excluding hydrogens is 266 g/mol. The van der Waals surface area contributed by atoms with Gasteiger partial charge in [-0.3, -0.25) is 0 Å². The Bertz CT molecular complexity index is 370. The summed E-state index contributed by atoms with van der Waals surface area (Å²) >= 11 is 1.41. The maximum atomic E-state index is 13.3. The first kappa shape index (κ1) is 16.4.